The number of benzene rings is 2. The average molecular weight is 308 g/mol. The number of primary amides is 1. The van der Waals surface area contributed by atoms with Crippen LogP contribution in [0.15, 0.2) is 42.5 Å². The van der Waals surface area contributed by atoms with E-state index in [-0.39, 0.29) is 5.41 Å². The summed E-state index contributed by atoms with van der Waals surface area (Å²) in [5.41, 5.74) is 10.9. The fourth-order valence-corrected chi connectivity index (χ4v) is 3.75. The molecule has 3 N–H and O–H groups in total. The highest BCUT2D eigenvalue weighted by atomic mass is 16.5. The van der Waals surface area contributed by atoms with Crippen molar-refractivity contribution < 1.29 is 9.53 Å². The molecule has 0 aromatic heterocycles. The number of fused-ring (bicyclic) bond motifs is 2. The highest BCUT2D eigenvalue weighted by Gasteiger charge is 2.40. The van der Waals surface area contributed by atoms with Crippen LogP contribution >= 0.6 is 0 Å². The van der Waals surface area contributed by atoms with Crippen LogP contribution in [0.1, 0.15) is 28.8 Å². The van der Waals surface area contributed by atoms with Gasteiger partial charge in [-0.25, -0.2) is 0 Å². The Labute approximate surface area is 135 Å². The minimum absolute atomic E-state index is 0.223. The Kier molecular flexibility index (Phi) is 3.34. The summed E-state index contributed by atoms with van der Waals surface area (Å²) in [5, 5.41) is 3.56. The average Bonchev–Trinajstić information content (AvgIpc) is 2.93. The fraction of sp³-hybridized carbons (Fsp3) is 0.316. The molecular weight excluding hydrogens is 288 g/mol. The largest absolute Gasteiger partial charge is 0.384 e. The van der Waals surface area contributed by atoms with E-state index in [1.54, 1.807) is 6.07 Å². The molecule has 1 amide bonds. The molecule has 23 heavy (non-hydrogen) atoms. The number of hydrogen-bond acceptors (Lipinski definition) is 3. The van der Waals surface area contributed by atoms with E-state index < -0.39 is 5.91 Å². The Balaban J connectivity index is 1.71. The molecule has 2 aromatic carbocycles. The Morgan fingerprint density at radius 3 is 2.65 bits per heavy atom. The lowest BCUT2D eigenvalue weighted by molar-refractivity contribution is 0.0567. The maximum absolute atomic E-state index is 11.4. The third kappa shape index (κ3) is 2.39. The zero-order valence-electron chi connectivity index (χ0n) is 13.0. The van der Waals surface area contributed by atoms with Crippen LogP contribution in [0.5, 0.6) is 0 Å². The van der Waals surface area contributed by atoms with E-state index in [0.717, 1.165) is 43.7 Å². The Morgan fingerprint density at radius 2 is 1.87 bits per heavy atom. The van der Waals surface area contributed by atoms with E-state index in [2.05, 4.69) is 23.5 Å². The number of amides is 1. The summed E-state index contributed by atoms with van der Waals surface area (Å²) in [7, 11) is 0. The summed E-state index contributed by atoms with van der Waals surface area (Å²) < 4.78 is 5.53. The zero-order chi connectivity index (χ0) is 15.9. The smallest absolute Gasteiger partial charge is 0.248 e. The first-order chi connectivity index (χ1) is 11.2. The van der Waals surface area contributed by atoms with Gasteiger partial charge in [0.2, 0.25) is 5.91 Å². The molecule has 2 heterocycles. The predicted octanol–water partition coefficient (Wildman–Crippen LogP) is 2.93. The molecule has 4 rings (SSSR count). The third-order valence-electron chi connectivity index (χ3n) is 5.14. The van der Waals surface area contributed by atoms with E-state index in [0.29, 0.717) is 5.56 Å². The van der Waals surface area contributed by atoms with Crippen LogP contribution in [0.25, 0.3) is 11.1 Å². The highest BCUT2D eigenvalue weighted by molar-refractivity contribution is 5.94. The molecule has 1 fully saturated rings. The van der Waals surface area contributed by atoms with E-state index in [1.807, 2.05) is 18.2 Å². The minimum atomic E-state index is -0.396. The van der Waals surface area contributed by atoms with Crippen LogP contribution in [0, 0.1) is 0 Å². The Hall–Kier alpha value is -2.33. The van der Waals surface area contributed by atoms with Crippen molar-refractivity contribution in [2.45, 2.75) is 18.3 Å². The van der Waals surface area contributed by atoms with Gasteiger partial charge in [-0.15, -0.1) is 0 Å². The molecule has 0 unspecified atom stereocenters. The van der Waals surface area contributed by atoms with Gasteiger partial charge >= 0.3 is 0 Å². The molecule has 1 saturated heterocycles. The van der Waals surface area contributed by atoms with E-state index in [4.69, 9.17) is 10.5 Å². The number of rotatable bonds is 2. The van der Waals surface area contributed by atoms with Gasteiger partial charge in [0, 0.05) is 36.4 Å². The summed E-state index contributed by atoms with van der Waals surface area (Å²) in [5.74, 6) is -0.396. The summed E-state index contributed by atoms with van der Waals surface area (Å²) in [6, 6.07) is 14.0. The quantitative estimate of drug-likeness (QED) is 0.896. The van der Waals surface area contributed by atoms with Crippen molar-refractivity contribution in [1.29, 1.82) is 0 Å². The normalized spacial score (nSPS) is 18.4. The van der Waals surface area contributed by atoms with Crippen LogP contribution in [-0.2, 0) is 10.2 Å². The number of anilines is 1. The molecule has 4 heteroatoms. The standard InChI is InChI=1S/C19H20N2O2/c20-18(22)15-3-1-2-13(10-15)14-4-5-16-17(11-14)21-12-19(16)6-8-23-9-7-19/h1-5,10-11,21H,6-9,12H2,(H2,20,22). The summed E-state index contributed by atoms with van der Waals surface area (Å²) >= 11 is 0. The predicted molar refractivity (Wildman–Crippen MR) is 90.6 cm³/mol. The van der Waals surface area contributed by atoms with Crippen molar-refractivity contribution in [3.05, 3.63) is 53.6 Å². The molecule has 0 aliphatic carbocycles. The number of nitrogens with one attached hydrogen (secondary N) is 1. The van der Waals surface area contributed by atoms with Crippen LogP contribution in [0.3, 0.4) is 0 Å². The topological polar surface area (TPSA) is 64.4 Å². The van der Waals surface area contributed by atoms with Crippen molar-refractivity contribution >= 4 is 11.6 Å². The zero-order valence-corrected chi connectivity index (χ0v) is 13.0. The van der Waals surface area contributed by atoms with Crippen LogP contribution in [-0.4, -0.2) is 25.7 Å². The van der Waals surface area contributed by atoms with Gasteiger partial charge in [-0.05, 0) is 47.7 Å². The molecular formula is C19H20N2O2. The summed E-state index contributed by atoms with van der Waals surface area (Å²) in [6.07, 6.45) is 2.15. The molecule has 118 valence electrons. The third-order valence-corrected chi connectivity index (χ3v) is 5.14. The van der Waals surface area contributed by atoms with Gasteiger partial charge in [0.1, 0.15) is 0 Å². The molecule has 2 aliphatic rings. The minimum Gasteiger partial charge on any atom is -0.384 e. The first-order valence-electron chi connectivity index (χ1n) is 8.04. The van der Waals surface area contributed by atoms with Gasteiger partial charge in [-0.3, -0.25) is 4.79 Å². The molecule has 1 spiro atoms. The van der Waals surface area contributed by atoms with E-state index in [9.17, 15) is 4.79 Å². The lowest BCUT2D eigenvalue weighted by atomic mass is 9.75. The van der Waals surface area contributed by atoms with E-state index in [1.165, 1.54) is 11.3 Å². The monoisotopic (exact) mass is 308 g/mol. The van der Waals surface area contributed by atoms with Crippen molar-refractivity contribution in [2.75, 3.05) is 25.1 Å². The molecule has 2 aliphatic heterocycles. The van der Waals surface area contributed by atoms with Crippen LogP contribution < -0.4 is 11.1 Å². The number of carbonyl (C=O) groups excluding carboxylic acids is 1. The van der Waals surface area contributed by atoms with Crippen LogP contribution in [0.4, 0.5) is 5.69 Å². The van der Waals surface area contributed by atoms with Crippen molar-refractivity contribution in [1.82, 2.24) is 0 Å². The Morgan fingerprint density at radius 1 is 1.09 bits per heavy atom. The lowest BCUT2D eigenvalue weighted by Gasteiger charge is -2.33. The van der Waals surface area contributed by atoms with Gasteiger partial charge in [0.15, 0.2) is 0 Å². The first kappa shape index (κ1) is 14.3. The first-order valence-corrected chi connectivity index (χ1v) is 8.04. The summed E-state index contributed by atoms with van der Waals surface area (Å²) in [6.45, 7) is 2.66. The highest BCUT2D eigenvalue weighted by Crippen LogP contribution is 2.44. The molecule has 0 saturated carbocycles. The number of nitrogens with two attached hydrogens (primary N) is 1. The SMILES string of the molecule is NC(=O)c1cccc(-c2ccc3c(c2)NCC32CCOCC2)c1. The van der Waals surface area contributed by atoms with Gasteiger partial charge in [0.25, 0.3) is 0 Å². The van der Waals surface area contributed by atoms with Crippen molar-refractivity contribution in [3.63, 3.8) is 0 Å². The number of ether oxygens (including phenoxy) is 1. The van der Waals surface area contributed by atoms with E-state index >= 15 is 0 Å². The van der Waals surface area contributed by atoms with Gasteiger partial charge in [0.05, 0.1) is 0 Å². The number of hydrogen-bond donors (Lipinski definition) is 2. The molecule has 2 aromatic rings. The Bertz CT molecular complexity index is 764. The van der Waals surface area contributed by atoms with Crippen LogP contribution in [0.2, 0.25) is 0 Å². The molecule has 0 bridgehead atoms. The maximum Gasteiger partial charge on any atom is 0.248 e. The van der Waals surface area contributed by atoms with Crippen molar-refractivity contribution in [2.24, 2.45) is 5.73 Å². The molecule has 0 radical (unpaired) electrons. The summed E-state index contributed by atoms with van der Waals surface area (Å²) in [4.78, 5) is 11.4. The second-order valence-corrected chi connectivity index (χ2v) is 6.45. The van der Waals surface area contributed by atoms with Gasteiger partial charge in [-0.2, -0.15) is 0 Å². The van der Waals surface area contributed by atoms with Crippen molar-refractivity contribution in [3.8, 4) is 11.1 Å². The second kappa shape index (κ2) is 5.39. The molecule has 0 atom stereocenters. The maximum atomic E-state index is 11.4. The fourth-order valence-electron chi connectivity index (χ4n) is 3.75. The number of carbonyl (C=O) groups is 1. The van der Waals surface area contributed by atoms with Gasteiger partial charge < -0.3 is 15.8 Å². The second-order valence-electron chi connectivity index (χ2n) is 6.45. The lowest BCUT2D eigenvalue weighted by Crippen LogP contribution is -2.35. The van der Waals surface area contributed by atoms with Gasteiger partial charge in [-0.1, -0.05) is 24.3 Å². The molecule has 4 nitrogen and oxygen atoms in total.